The highest BCUT2D eigenvalue weighted by molar-refractivity contribution is 7.85. The van der Waals surface area contributed by atoms with Gasteiger partial charge < -0.3 is 14.8 Å². The van der Waals surface area contributed by atoms with Crippen LogP contribution in [-0.2, 0) is 19.6 Å². The second-order valence-corrected chi connectivity index (χ2v) is 5.45. The molecular weight excluding hydrogens is 270 g/mol. The average Bonchev–Trinajstić information content (AvgIpc) is 2.34. The Balaban J connectivity index is 3.58. The van der Waals surface area contributed by atoms with Crippen LogP contribution in [0.2, 0.25) is 0 Å². The van der Waals surface area contributed by atoms with Gasteiger partial charge in [0.05, 0.1) is 12.9 Å². The third-order valence-electron chi connectivity index (χ3n) is 2.21. The van der Waals surface area contributed by atoms with Crippen molar-refractivity contribution in [1.82, 2.24) is 5.32 Å². The lowest BCUT2D eigenvalue weighted by molar-refractivity contribution is 0.159. The smallest absolute Gasteiger partial charge is 0.264 e. The Labute approximate surface area is 115 Å². The van der Waals surface area contributed by atoms with Crippen molar-refractivity contribution in [2.45, 2.75) is 12.8 Å². The molecule has 0 bridgehead atoms. The van der Waals surface area contributed by atoms with Gasteiger partial charge in [-0.15, -0.1) is 0 Å². The van der Waals surface area contributed by atoms with E-state index in [2.05, 4.69) is 5.32 Å². The van der Waals surface area contributed by atoms with Crippen molar-refractivity contribution in [3.63, 3.8) is 0 Å². The van der Waals surface area contributed by atoms with Crippen molar-refractivity contribution in [3.8, 4) is 0 Å². The molecule has 0 heterocycles. The monoisotopic (exact) mass is 293 g/mol. The Kier molecular flexibility index (Phi) is 10.5. The number of nitrogens with one attached hydrogen (secondary N) is 1. The summed E-state index contributed by atoms with van der Waals surface area (Å²) < 4.78 is 39.4. The van der Waals surface area contributed by atoms with Crippen LogP contribution >= 0.6 is 0 Å². The molecule has 0 fully saturated rings. The molecule has 6 nitrogen and oxygen atoms in total. The van der Waals surface area contributed by atoms with E-state index in [9.17, 15) is 8.42 Å². The zero-order valence-corrected chi connectivity index (χ0v) is 12.3. The molecule has 0 atom stereocenters. The first-order valence-corrected chi connectivity index (χ1v) is 7.65. The van der Waals surface area contributed by atoms with E-state index in [-0.39, 0.29) is 5.75 Å². The summed E-state index contributed by atoms with van der Waals surface area (Å²) in [5.74, 6) is 0.548. The Morgan fingerprint density at radius 3 is 2.63 bits per heavy atom. The molecule has 0 aliphatic rings. The molecule has 2 N–H and O–H groups in total. The van der Waals surface area contributed by atoms with Gasteiger partial charge in [0.25, 0.3) is 10.1 Å². The van der Waals surface area contributed by atoms with Gasteiger partial charge >= 0.3 is 0 Å². The minimum atomic E-state index is -3.83. The van der Waals surface area contributed by atoms with E-state index in [0.717, 1.165) is 18.7 Å². The summed E-state index contributed by atoms with van der Waals surface area (Å²) in [7, 11) is -0.634. The maximum absolute atomic E-state index is 10.4. The molecule has 0 saturated carbocycles. The molecule has 0 aromatic heterocycles. The maximum Gasteiger partial charge on any atom is 0.264 e. The SMILES string of the molecule is COC/C(=C\C=C/CCNCCCS(=O)(=O)O)OC. The van der Waals surface area contributed by atoms with Crippen LogP contribution < -0.4 is 5.32 Å². The van der Waals surface area contributed by atoms with E-state index in [0.29, 0.717) is 19.6 Å². The number of methoxy groups -OCH3 is 2. The molecule has 112 valence electrons. The van der Waals surface area contributed by atoms with Crippen LogP contribution in [0.4, 0.5) is 0 Å². The molecule has 7 heteroatoms. The van der Waals surface area contributed by atoms with Gasteiger partial charge in [-0.1, -0.05) is 12.2 Å². The lowest BCUT2D eigenvalue weighted by Gasteiger charge is -2.02. The van der Waals surface area contributed by atoms with Crippen molar-refractivity contribution in [2.24, 2.45) is 0 Å². The summed E-state index contributed by atoms with van der Waals surface area (Å²) in [5.41, 5.74) is 0. The lowest BCUT2D eigenvalue weighted by atomic mass is 10.3. The first kappa shape index (κ1) is 18.1. The van der Waals surface area contributed by atoms with Crippen molar-refractivity contribution in [3.05, 3.63) is 24.0 Å². The van der Waals surface area contributed by atoms with Gasteiger partial charge in [0.1, 0.15) is 12.4 Å². The van der Waals surface area contributed by atoms with E-state index in [1.165, 1.54) is 0 Å². The van der Waals surface area contributed by atoms with Crippen LogP contribution in [0.5, 0.6) is 0 Å². The summed E-state index contributed by atoms with van der Waals surface area (Å²) in [6.07, 6.45) is 6.93. The molecule has 19 heavy (non-hydrogen) atoms. The fourth-order valence-electron chi connectivity index (χ4n) is 1.28. The first-order valence-electron chi connectivity index (χ1n) is 6.04. The number of allylic oxidation sites excluding steroid dienone is 2. The van der Waals surface area contributed by atoms with Gasteiger partial charge in [-0.3, -0.25) is 4.55 Å². The third kappa shape index (κ3) is 13.3. The standard InChI is InChI=1S/C12H23NO5S/c1-17-11-12(18-2)7-4-3-5-8-13-9-6-10-19(14,15)16/h3-4,7,13H,5-6,8-11H2,1-2H3,(H,14,15,16)/b4-3-,12-7+. The number of rotatable bonds is 11. The number of hydrogen-bond donors (Lipinski definition) is 2. The zero-order valence-electron chi connectivity index (χ0n) is 11.5. The molecule has 0 unspecified atom stereocenters. The summed E-state index contributed by atoms with van der Waals surface area (Å²) in [4.78, 5) is 0. The fourth-order valence-corrected chi connectivity index (χ4v) is 1.79. The van der Waals surface area contributed by atoms with Crippen LogP contribution in [-0.4, -0.2) is 52.6 Å². The quantitative estimate of drug-likeness (QED) is 0.256. The van der Waals surface area contributed by atoms with E-state index in [4.69, 9.17) is 14.0 Å². The summed E-state index contributed by atoms with van der Waals surface area (Å²) in [6.45, 7) is 1.76. The molecule has 0 saturated heterocycles. The minimum Gasteiger partial charge on any atom is -0.499 e. The molecule has 0 rings (SSSR count). The molecule has 0 spiro atoms. The Morgan fingerprint density at radius 2 is 2.05 bits per heavy atom. The van der Waals surface area contributed by atoms with E-state index >= 15 is 0 Å². The highest BCUT2D eigenvalue weighted by Gasteiger charge is 2.02. The topological polar surface area (TPSA) is 84.9 Å². The highest BCUT2D eigenvalue weighted by atomic mass is 32.2. The van der Waals surface area contributed by atoms with Gasteiger partial charge in [-0.25, -0.2) is 0 Å². The predicted molar refractivity (Wildman–Crippen MR) is 74.6 cm³/mol. The van der Waals surface area contributed by atoms with Gasteiger partial charge in [-0.2, -0.15) is 8.42 Å². The maximum atomic E-state index is 10.4. The van der Waals surface area contributed by atoms with E-state index in [1.807, 2.05) is 18.2 Å². The van der Waals surface area contributed by atoms with Crippen LogP contribution in [0.25, 0.3) is 0 Å². The Bertz CT molecular complexity index is 376. The van der Waals surface area contributed by atoms with Gasteiger partial charge in [0, 0.05) is 7.11 Å². The van der Waals surface area contributed by atoms with Crippen LogP contribution in [0, 0.1) is 0 Å². The summed E-state index contributed by atoms with van der Waals surface area (Å²) in [5, 5.41) is 3.08. The van der Waals surface area contributed by atoms with Gasteiger partial charge in [-0.05, 0) is 32.0 Å². The number of ether oxygens (including phenoxy) is 2. The normalized spacial score (nSPS) is 13.1. The Morgan fingerprint density at radius 1 is 1.32 bits per heavy atom. The van der Waals surface area contributed by atoms with E-state index < -0.39 is 10.1 Å². The third-order valence-corrected chi connectivity index (χ3v) is 3.02. The fraction of sp³-hybridized carbons (Fsp3) is 0.667. The second kappa shape index (κ2) is 11.0. The van der Waals surface area contributed by atoms with E-state index in [1.54, 1.807) is 14.2 Å². The Hall–Kier alpha value is -0.890. The average molecular weight is 293 g/mol. The molecule has 0 aliphatic heterocycles. The highest BCUT2D eigenvalue weighted by Crippen LogP contribution is 1.96. The van der Waals surface area contributed by atoms with Crippen molar-refractivity contribution < 1.29 is 22.4 Å². The van der Waals surface area contributed by atoms with Crippen LogP contribution in [0.1, 0.15) is 12.8 Å². The minimum absolute atomic E-state index is 0.202. The summed E-state index contributed by atoms with van der Waals surface area (Å²) >= 11 is 0. The van der Waals surface area contributed by atoms with Crippen molar-refractivity contribution >= 4 is 10.1 Å². The summed E-state index contributed by atoms with van der Waals surface area (Å²) in [6, 6.07) is 0. The van der Waals surface area contributed by atoms with Gasteiger partial charge in [0.15, 0.2) is 0 Å². The van der Waals surface area contributed by atoms with Crippen LogP contribution in [0.15, 0.2) is 24.0 Å². The lowest BCUT2D eigenvalue weighted by Crippen LogP contribution is -2.19. The second-order valence-electron chi connectivity index (χ2n) is 3.88. The molecule has 0 radical (unpaired) electrons. The van der Waals surface area contributed by atoms with Crippen LogP contribution in [0.3, 0.4) is 0 Å². The number of hydrogen-bond acceptors (Lipinski definition) is 5. The zero-order chi connectivity index (χ0) is 14.6. The van der Waals surface area contributed by atoms with Gasteiger partial charge in [0.2, 0.25) is 0 Å². The molecule has 0 aromatic carbocycles. The molecule has 0 aromatic rings. The molecule has 0 aliphatic carbocycles. The van der Waals surface area contributed by atoms with Crippen molar-refractivity contribution in [1.29, 1.82) is 0 Å². The first-order chi connectivity index (χ1) is 8.99. The molecule has 0 amide bonds. The van der Waals surface area contributed by atoms with Crippen molar-refractivity contribution in [2.75, 3.05) is 39.7 Å². The predicted octanol–water partition coefficient (Wildman–Crippen LogP) is 0.977. The largest absolute Gasteiger partial charge is 0.499 e. The molecular formula is C12H23NO5S.